The smallest absolute Gasteiger partial charge is 0.306 e. The van der Waals surface area contributed by atoms with Gasteiger partial charge in [-0.25, -0.2) is 22.6 Å². The second-order valence-corrected chi connectivity index (χ2v) is 12.6. The summed E-state index contributed by atoms with van der Waals surface area (Å²) in [4.78, 5) is 18.1. The summed E-state index contributed by atoms with van der Waals surface area (Å²) in [6, 6.07) is 6.44. The molecule has 0 saturated carbocycles. The highest BCUT2D eigenvalue weighted by Gasteiger charge is 2.32. The third kappa shape index (κ3) is 6.52. The summed E-state index contributed by atoms with van der Waals surface area (Å²) >= 11 is 0. The van der Waals surface area contributed by atoms with Crippen LogP contribution in [0.4, 0.5) is 20.6 Å². The second-order valence-electron chi connectivity index (χ2n) is 8.48. The number of nitrogens with zero attached hydrogens (tertiary/aromatic N) is 4. The molecule has 1 fully saturated rings. The molecule has 11 nitrogen and oxygen atoms in total. The molecular weight excluding hydrogens is 499 g/mol. The fraction of sp³-hybridized carbons (Fsp3) is 0.429. The molecular formula is C21H29FN6O5S2. The minimum Gasteiger partial charge on any atom is -0.306 e. The van der Waals surface area contributed by atoms with Crippen LogP contribution in [0.1, 0.15) is 12.5 Å². The van der Waals surface area contributed by atoms with Gasteiger partial charge in [-0.05, 0) is 25.1 Å². The number of carbonyl (C=O) groups excluding carboxylic acids is 1. The van der Waals surface area contributed by atoms with Crippen molar-refractivity contribution in [2.75, 3.05) is 50.6 Å². The number of hydrogen-bond donors (Lipinski definition) is 2. The standard InChI is InChI=1S/C21H29FN6O5S2/c1-15-13-28(35(32,33)26(2)3)11-10-27(15)14-16-6-5-7-18(20(16)22)25-21(29)24-17-8-9-19(23-12-17)34(4,30)31/h5-9,12,15H,10-11,13-14H2,1-4H3,(H2,24,25,29). The summed E-state index contributed by atoms with van der Waals surface area (Å²) in [6.07, 6.45) is 2.22. The zero-order valence-electron chi connectivity index (χ0n) is 19.9. The van der Waals surface area contributed by atoms with Gasteiger partial charge < -0.3 is 10.6 Å². The predicted octanol–water partition coefficient (Wildman–Crippen LogP) is 1.58. The molecule has 1 unspecified atom stereocenters. The van der Waals surface area contributed by atoms with Gasteiger partial charge in [-0.15, -0.1) is 0 Å². The van der Waals surface area contributed by atoms with Crippen LogP contribution in [0.2, 0.25) is 0 Å². The maximum absolute atomic E-state index is 15.1. The number of nitrogens with one attached hydrogen (secondary N) is 2. The summed E-state index contributed by atoms with van der Waals surface area (Å²) in [7, 11) is -4.01. The minimum atomic E-state index is -3.52. The third-order valence-electron chi connectivity index (χ3n) is 5.59. The number of hydrogen-bond acceptors (Lipinski definition) is 7. The van der Waals surface area contributed by atoms with Gasteiger partial charge in [0.15, 0.2) is 20.7 Å². The molecule has 0 bridgehead atoms. The maximum Gasteiger partial charge on any atom is 0.323 e. The molecule has 2 aromatic rings. The van der Waals surface area contributed by atoms with Gasteiger partial charge in [0.05, 0.1) is 17.6 Å². The van der Waals surface area contributed by atoms with Gasteiger partial charge in [-0.3, -0.25) is 4.90 Å². The van der Waals surface area contributed by atoms with E-state index in [9.17, 15) is 21.6 Å². The van der Waals surface area contributed by atoms with Gasteiger partial charge in [0.25, 0.3) is 10.2 Å². The Bertz CT molecular complexity index is 1290. The Morgan fingerprint density at radius 3 is 2.43 bits per heavy atom. The van der Waals surface area contributed by atoms with Crippen LogP contribution in [-0.2, 0) is 26.6 Å². The lowest BCUT2D eigenvalue weighted by atomic mass is 10.1. The minimum absolute atomic E-state index is 0.0258. The Kier molecular flexibility index (Phi) is 8.11. The summed E-state index contributed by atoms with van der Waals surface area (Å²) in [5.41, 5.74) is 0.575. The molecule has 192 valence electrons. The average molecular weight is 529 g/mol. The zero-order valence-corrected chi connectivity index (χ0v) is 21.5. The van der Waals surface area contributed by atoms with Gasteiger partial charge in [0.2, 0.25) is 0 Å². The van der Waals surface area contributed by atoms with Crippen LogP contribution in [0.3, 0.4) is 0 Å². The highest BCUT2D eigenvalue weighted by Crippen LogP contribution is 2.23. The highest BCUT2D eigenvalue weighted by molar-refractivity contribution is 7.90. The van der Waals surface area contributed by atoms with Crippen LogP contribution in [0, 0.1) is 5.82 Å². The van der Waals surface area contributed by atoms with E-state index in [-0.39, 0.29) is 35.5 Å². The molecule has 2 N–H and O–H groups in total. The lowest BCUT2D eigenvalue weighted by Crippen LogP contribution is -2.55. The largest absolute Gasteiger partial charge is 0.323 e. The zero-order chi connectivity index (χ0) is 26.0. The molecule has 2 amide bonds. The normalized spacial score (nSPS) is 17.9. The van der Waals surface area contributed by atoms with E-state index in [4.69, 9.17) is 0 Å². The Morgan fingerprint density at radius 2 is 1.86 bits per heavy atom. The van der Waals surface area contributed by atoms with Gasteiger partial charge >= 0.3 is 6.03 Å². The molecule has 1 saturated heterocycles. The van der Waals surface area contributed by atoms with Crippen molar-refractivity contribution < 1.29 is 26.0 Å². The molecule has 0 spiro atoms. The summed E-state index contributed by atoms with van der Waals surface area (Å²) in [6.45, 7) is 3.14. The van der Waals surface area contributed by atoms with Crippen molar-refractivity contribution in [2.45, 2.75) is 24.5 Å². The van der Waals surface area contributed by atoms with E-state index in [2.05, 4.69) is 15.6 Å². The number of amides is 2. The number of aromatic nitrogens is 1. The van der Waals surface area contributed by atoms with E-state index in [1.807, 2.05) is 11.8 Å². The van der Waals surface area contributed by atoms with Gasteiger partial charge in [-0.1, -0.05) is 12.1 Å². The van der Waals surface area contributed by atoms with E-state index < -0.39 is 31.9 Å². The van der Waals surface area contributed by atoms with Gasteiger partial charge in [0.1, 0.15) is 0 Å². The van der Waals surface area contributed by atoms with Crippen LogP contribution in [0.5, 0.6) is 0 Å². The molecule has 1 aromatic heterocycles. The molecule has 35 heavy (non-hydrogen) atoms. The number of halogens is 1. The Hall–Kier alpha value is -2.65. The number of carbonyl (C=O) groups is 1. The van der Waals surface area contributed by atoms with E-state index in [0.29, 0.717) is 18.7 Å². The first-order chi connectivity index (χ1) is 16.3. The average Bonchev–Trinajstić information content (AvgIpc) is 2.77. The molecule has 2 heterocycles. The topological polar surface area (TPSA) is 132 Å². The van der Waals surface area contributed by atoms with Crippen molar-refractivity contribution >= 4 is 37.5 Å². The Balaban J connectivity index is 1.64. The molecule has 1 aromatic carbocycles. The molecule has 1 aliphatic heterocycles. The maximum atomic E-state index is 15.1. The summed E-state index contributed by atoms with van der Waals surface area (Å²) < 4.78 is 65.5. The van der Waals surface area contributed by atoms with Crippen LogP contribution in [0.25, 0.3) is 0 Å². The monoisotopic (exact) mass is 528 g/mol. The fourth-order valence-electron chi connectivity index (χ4n) is 3.61. The first-order valence-electron chi connectivity index (χ1n) is 10.7. The van der Waals surface area contributed by atoms with Gasteiger partial charge in [0, 0.05) is 58.1 Å². The molecule has 0 radical (unpaired) electrons. The first kappa shape index (κ1) is 26.9. The van der Waals surface area contributed by atoms with Crippen LogP contribution >= 0.6 is 0 Å². The quantitative estimate of drug-likeness (QED) is 0.558. The Morgan fingerprint density at radius 1 is 1.14 bits per heavy atom. The van der Waals surface area contributed by atoms with Crippen molar-refractivity contribution in [1.82, 2.24) is 18.5 Å². The number of urea groups is 1. The lowest BCUT2D eigenvalue weighted by Gasteiger charge is -2.40. The van der Waals surface area contributed by atoms with Crippen molar-refractivity contribution in [3.05, 3.63) is 47.9 Å². The fourth-order valence-corrected chi connectivity index (χ4v) is 5.35. The van der Waals surface area contributed by atoms with E-state index >= 15 is 4.39 Å². The van der Waals surface area contributed by atoms with Crippen molar-refractivity contribution in [2.24, 2.45) is 0 Å². The molecule has 0 aliphatic carbocycles. The predicted molar refractivity (Wildman–Crippen MR) is 130 cm³/mol. The SMILES string of the molecule is CC1CN(S(=O)(=O)N(C)C)CCN1Cc1cccc(NC(=O)Nc2ccc(S(C)(=O)=O)nc2)c1F. The molecule has 3 rings (SSSR count). The summed E-state index contributed by atoms with van der Waals surface area (Å²) in [5, 5.41) is 4.80. The van der Waals surface area contributed by atoms with E-state index in [1.54, 1.807) is 12.1 Å². The second kappa shape index (κ2) is 10.5. The van der Waals surface area contributed by atoms with Crippen molar-refractivity contribution in [3.8, 4) is 0 Å². The van der Waals surface area contributed by atoms with Crippen molar-refractivity contribution in [3.63, 3.8) is 0 Å². The van der Waals surface area contributed by atoms with Crippen LogP contribution < -0.4 is 10.6 Å². The molecule has 1 atom stereocenters. The number of sulfone groups is 1. The lowest BCUT2D eigenvalue weighted by molar-refractivity contribution is 0.118. The Labute approximate surface area is 205 Å². The third-order valence-corrected chi connectivity index (χ3v) is 8.50. The first-order valence-corrected chi connectivity index (χ1v) is 14.0. The van der Waals surface area contributed by atoms with Crippen LogP contribution in [-0.4, -0.2) is 87.4 Å². The highest BCUT2D eigenvalue weighted by atomic mass is 32.2. The number of pyridine rings is 1. The van der Waals surface area contributed by atoms with Gasteiger partial charge in [-0.2, -0.15) is 17.0 Å². The number of anilines is 2. The summed E-state index contributed by atoms with van der Waals surface area (Å²) in [5.74, 6) is -0.594. The van der Waals surface area contributed by atoms with E-state index in [1.165, 1.54) is 47.1 Å². The van der Waals surface area contributed by atoms with E-state index in [0.717, 1.165) is 6.26 Å². The number of benzene rings is 1. The van der Waals surface area contributed by atoms with Crippen LogP contribution in [0.15, 0.2) is 41.6 Å². The molecule has 14 heteroatoms. The molecule has 1 aliphatic rings. The number of piperazine rings is 1. The van der Waals surface area contributed by atoms with Crippen molar-refractivity contribution in [1.29, 1.82) is 0 Å². The number of rotatable bonds is 7.